The third kappa shape index (κ3) is 3.09. The van der Waals surface area contributed by atoms with Gasteiger partial charge in [-0.2, -0.15) is 0 Å². The molecule has 0 aliphatic heterocycles. The van der Waals surface area contributed by atoms with E-state index in [1.54, 1.807) is 11.1 Å². The number of unbranched alkanes of at least 4 members (excludes halogenated alkanes) is 2. The van der Waals surface area contributed by atoms with E-state index in [0.717, 1.165) is 5.92 Å². The van der Waals surface area contributed by atoms with Gasteiger partial charge in [0.05, 0.1) is 0 Å². The third-order valence-corrected chi connectivity index (χ3v) is 3.12. The van der Waals surface area contributed by atoms with Crippen LogP contribution >= 0.6 is 0 Å². The minimum Gasteiger partial charge on any atom is -0.0683 e. The van der Waals surface area contributed by atoms with Gasteiger partial charge in [-0.25, -0.2) is 0 Å². The zero-order valence-electron chi connectivity index (χ0n) is 10.4. The zero-order valence-corrected chi connectivity index (χ0v) is 10.4. The molecule has 1 aromatic carbocycles. The molecule has 0 bridgehead atoms. The lowest BCUT2D eigenvalue weighted by molar-refractivity contribution is 0.520. The lowest BCUT2D eigenvalue weighted by Gasteiger charge is -2.30. The monoisotopic (exact) mass is 204 g/mol. The highest BCUT2D eigenvalue weighted by molar-refractivity contribution is 5.39. The van der Waals surface area contributed by atoms with E-state index in [4.69, 9.17) is 0 Å². The van der Waals surface area contributed by atoms with Crippen LogP contribution in [0.1, 0.15) is 63.5 Å². The molecule has 0 heterocycles. The van der Waals surface area contributed by atoms with Gasteiger partial charge in [0.25, 0.3) is 0 Å². The number of rotatable bonds is 4. The highest BCUT2D eigenvalue weighted by atomic mass is 14.3. The maximum absolute atomic E-state index is 2.30. The SMILES string of the molecule is CC.CCCCCC1Cc2ccccc21. The van der Waals surface area contributed by atoms with Crippen LogP contribution in [-0.4, -0.2) is 0 Å². The summed E-state index contributed by atoms with van der Waals surface area (Å²) < 4.78 is 0. The fourth-order valence-electron chi connectivity index (χ4n) is 2.26. The first-order valence-electron chi connectivity index (χ1n) is 6.49. The summed E-state index contributed by atoms with van der Waals surface area (Å²) in [5.74, 6) is 0.891. The standard InChI is InChI=1S/C13H18.C2H6/c1-2-3-4-7-11-10-12-8-5-6-9-13(11)12;1-2/h5-6,8-9,11H,2-4,7,10H2,1H3;1-2H3. The van der Waals surface area contributed by atoms with Crippen molar-refractivity contribution in [2.45, 2.75) is 58.8 Å². The summed E-state index contributed by atoms with van der Waals surface area (Å²) in [7, 11) is 0. The molecule has 0 saturated heterocycles. The summed E-state index contributed by atoms with van der Waals surface area (Å²) in [4.78, 5) is 0. The Bertz CT molecular complexity index is 275. The van der Waals surface area contributed by atoms with Crippen LogP contribution in [0, 0.1) is 0 Å². The van der Waals surface area contributed by atoms with E-state index in [-0.39, 0.29) is 0 Å². The average molecular weight is 204 g/mol. The van der Waals surface area contributed by atoms with Crippen molar-refractivity contribution in [3.8, 4) is 0 Å². The quantitative estimate of drug-likeness (QED) is 0.610. The van der Waals surface area contributed by atoms with Crippen LogP contribution in [0.5, 0.6) is 0 Å². The zero-order chi connectivity index (χ0) is 11.1. The maximum Gasteiger partial charge on any atom is -0.0119 e. The molecule has 0 spiro atoms. The van der Waals surface area contributed by atoms with Crippen LogP contribution in [0.25, 0.3) is 0 Å². The van der Waals surface area contributed by atoms with Crippen molar-refractivity contribution < 1.29 is 0 Å². The average Bonchev–Trinajstić information content (AvgIpc) is 2.28. The predicted molar refractivity (Wildman–Crippen MR) is 68.4 cm³/mol. The van der Waals surface area contributed by atoms with Crippen LogP contribution in [-0.2, 0) is 6.42 Å². The molecule has 0 aromatic heterocycles. The molecular weight excluding hydrogens is 180 g/mol. The van der Waals surface area contributed by atoms with Gasteiger partial charge in [0, 0.05) is 0 Å². The van der Waals surface area contributed by atoms with Gasteiger partial charge in [-0.3, -0.25) is 0 Å². The van der Waals surface area contributed by atoms with Crippen LogP contribution in [0.2, 0.25) is 0 Å². The van der Waals surface area contributed by atoms with E-state index in [1.807, 2.05) is 13.8 Å². The van der Waals surface area contributed by atoms with Gasteiger partial charge in [0.2, 0.25) is 0 Å². The summed E-state index contributed by atoms with van der Waals surface area (Å²) in [5.41, 5.74) is 3.21. The lowest BCUT2D eigenvalue weighted by Crippen LogP contribution is -2.16. The molecule has 0 radical (unpaired) electrons. The van der Waals surface area contributed by atoms with Crippen molar-refractivity contribution in [2.24, 2.45) is 0 Å². The van der Waals surface area contributed by atoms with E-state index in [1.165, 1.54) is 32.1 Å². The Morgan fingerprint density at radius 1 is 1.13 bits per heavy atom. The van der Waals surface area contributed by atoms with Crippen molar-refractivity contribution in [3.05, 3.63) is 35.4 Å². The molecule has 1 aromatic rings. The fourth-order valence-corrected chi connectivity index (χ4v) is 2.26. The molecule has 15 heavy (non-hydrogen) atoms. The van der Waals surface area contributed by atoms with Gasteiger partial charge in [0.1, 0.15) is 0 Å². The molecule has 0 nitrogen and oxygen atoms in total. The number of hydrogen-bond donors (Lipinski definition) is 0. The molecule has 84 valence electrons. The van der Waals surface area contributed by atoms with E-state index in [0.29, 0.717) is 0 Å². The molecule has 0 heteroatoms. The topological polar surface area (TPSA) is 0 Å². The Balaban J connectivity index is 0.000000531. The van der Waals surface area contributed by atoms with Crippen molar-refractivity contribution >= 4 is 0 Å². The molecular formula is C15H24. The van der Waals surface area contributed by atoms with Gasteiger partial charge in [0.15, 0.2) is 0 Å². The third-order valence-electron chi connectivity index (χ3n) is 3.12. The summed E-state index contributed by atoms with van der Waals surface area (Å²) in [6, 6.07) is 8.90. The van der Waals surface area contributed by atoms with Gasteiger partial charge >= 0.3 is 0 Å². The smallest absolute Gasteiger partial charge is 0.0119 e. The van der Waals surface area contributed by atoms with Crippen molar-refractivity contribution in [3.63, 3.8) is 0 Å². The molecule has 1 aliphatic carbocycles. The molecule has 1 atom stereocenters. The second kappa shape index (κ2) is 6.66. The summed E-state index contributed by atoms with van der Waals surface area (Å²) >= 11 is 0. The van der Waals surface area contributed by atoms with Crippen LogP contribution in [0.3, 0.4) is 0 Å². The second-order valence-corrected chi connectivity index (χ2v) is 4.10. The van der Waals surface area contributed by atoms with E-state index >= 15 is 0 Å². The van der Waals surface area contributed by atoms with E-state index < -0.39 is 0 Å². The van der Waals surface area contributed by atoms with E-state index in [2.05, 4.69) is 31.2 Å². The number of fused-ring (bicyclic) bond motifs is 1. The molecule has 1 aliphatic rings. The van der Waals surface area contributed by atoms with Crippen LogP contribution < -0.4 is 0 Å². The first kappa shape index (κ1) is 12.3. The Hall–Kier alpha value is -0.780. The highest BCUT2D eigenvalue weighted by Crippen LogP contribution is 2.38. The summed E-state index contributed by atoms with van der Waals surface area (Å²) in [6.45, 7) is 6.27. The molecule has 0 amide bonds. The van der Waals surface area contributed by atoms with Crippen LogP contribution in [0.15, 0.2) is 24.3 Å². The van der Waals surface area contributed by atoms with E-state index in [9.17, 15) is 0 Å². The maximum atomic E-state index is 2.30. The largest absolute Gasteiger partial charge is 0.0683 e. The summed E-state index contributed by atoms with van der Waals surface area (Å²) in [6.07, 6.45) is 6.90. The minimum atomic E-state index is 0.891. The van der Waals surface area contributed by atoms with Gasteiger partial charge < -0.3 is 0 Å². The minimum absolute atomic E-state index is 0.891. The normalized spacial score (nSPS) is 17.1. The number of benzene rings is 1. The Morgan fingerprint density at radius 3 is 2.53 bits per heavy atom. The molecule has 0 saturated carbocycles. The highest BCUT2D eigenvalue weighted by Gasteiger charge is 2.24. The molecule has 0 N–H and O–H groups in total. The van der Waals surface area contributed by atoms with Crippen molar-refractivity contribution in [1.29, 1.82) is 0 Å². The van der Waals surface area contributed by atoms with Gasteiger partial charge in [-0.15, -0.1) is 0 Å². The molecule has 2 rings (SSSR count). The van der Waals surface area contributed by atoms with Crippen LogP contribution in [0.4, 0.5) is 0 Å². The predicted octanol–water partition coefficient (Wildman–Crippen LogP) is 4.93. The number of hydrogen-bond acceptors (Lipinski definition) is 0. The van der Waals surface area contributed by atoms with Crippen molar-refractivity contribution in [1.82, 2.24) is 0 Å². The Labute approximate surface area is 94.7 Å². The van der Waals surface area contributed by atoms with Gasteiger partial charge in [-0.05, 0) is 29.9 Å². The van der Waals surface area contributed by atoms with Crippen molar-refractivity contribution in [2.75, 3.05) is 0 Å². The first-order chi connectivity index (χ1) is 7.42. The first-order valence-corrected chi connectivity index (χ1v) is 6.49. The molecule has 0 fully saturated rings. The second-order valence-electron chi connectivity index (χ2n) is 4.10. The Kier molecular flexibility index (Phi) is 5.45. The summed E-state index contributed by atoms with van der Waals surface area (Å²) in [5, 5.41) is 0. The van der Waals surface area contributed by atoms with Gasteiger partial charge in [-0.1, -0.05) is 64.3 Å². The molecule has 1 unspecified atom stereocenters. The Morgan fingerprint density at radius 2 is 1.87 bits per heavy atom. The lowest BCUT2D eigenvalue weighted by atomic mass is 9.75. The fraction of sp³-hybridized carbons (Fsp3) is 0.600.